The second-order valence-corrected chi connectivity index (χ2v) is 4.68. The van der Waals surface area contributed by atoms with Gasteiger partial charge in [-0.15, -0.1) is 0 Å². The van der Waals surface area contributed by atoms with E-state index in [-0.39, 0.29) is 6.04 Å². The van der Waals surface area contributed by atoms with Gasteiger partial charge < -0.3 is 14.5 Å². The van der Waals surface area contributed by atoms with Crippen LogP contribution in [0, 0.1) is 0 Å². The Hall–Kier alpha value is -1.45. The van der Waals surface area contributed by atoms with Crippen LogP contribution in [0.15, 0.2) is 34.9 Å². The average molecular weight is 280 g/mol. The van der Waals surface area contributed by atoms with Crippen molar-refractivity contribution in [3.63, 3.8) is 0 Å². The normalized spacial score (nSPS) is 12.4. The van der Waals surface area contributed by atoms with Crippen LogP contribution in [0.25, 0.3) is 0 Å². The molecule has 0 aliphatic heterocycles. The summed E-state index contributed by atoms with van der Waals surface area (Å²) in [7, 11) is 3.54. The Labute approximate surface area is 118 Å². The Morgan fingerprint density at radius 1 is 1.37 bits per heavy atom. The fourth-order valence-corrected chi connectivity index (χ4v) is 2.53. The van der Waals surface area contributed by atoms with Crippen LogP contribution in [0.1, 0.15) is 29.9 Å². The molecule has 0 radical (unpaired) electrons. The molecule has 19 heavy (non-hydrogen) atoms. The third kappa shape index (κ3) is 2.77. The van der Waals surface area contributed by atoms with Crippen LogP contribution in [-0.2, 0) is 6.42 Å². The highest BCUT2D eigenvalue weighted by molar-refractivity contribution is 6.32. The first-order chi connectivity index (χ1) is 9.21. The van der Waals surface area contributed by atoms with Gasteiger partial charge in [0.1, 0.15) is 11.5 Å². The fraction of sp³-hybridized carbons (Fsp3) is 0.333. The number of hydrogen-bond acceptors (Lipinski definition) is 3. The molecule has 1 unspecified atom stereocenters. The van der Waals surface area contributed by atoms with Crippen molar-refractivity contribution in [1.82, 2.24) is 5.32 Å². The van der Waals surface area contributed by atoms with Gasteiger partial charge in [0.05, 0.1) is 24.4 Å². The molecule has 0 aliphatic rings. The van der Waals surface area contributed by atoms with E-state index in [1.165, 1.54) is 0 Å². The zero-order chi connectivity index (χ0) is 13.8. The molecular weight excluding hydrogens is 262 g/mol. The molecule has 0 spiro atoms. The Balaban J connectivity index is 2.40. The van der Waals surface area contributed by atoms with Gasteiger partial charge in [-0.05, 0) is 30.8 Å². The highest BCUT2D eigenvalue weighted by Crippen LogP contribution is 2.31. The van der Waals surface area contributed by atoms with E-state index in [0.717, 1.165) is 23.3 Å². The second kappa shape index (κ2) is 6.13. The Morgan fingerprint density at radius 3 is 2.74 bits per heavy atom. The van der Waals surface area contributed by atoms with E-state index in [1.54, 1.807) is 13.4 Å². The molecule has 0 amide bonds. The maximum absolute atomic E-state index is 6.19. The molecule has 0 fully saturated rings. The average Bonchev–Trinajstić information content (AvgIpc) is 2.88. The van der Waals surface area contributed by atoms with Crippen LogP contribution < -0.4 is 10.1 Å². The third-order valence-corrected chi connectivity index (χ3v) is 3.51. The monoisotopic (exact) mass is 279 g/mol. The minimum Gasteiger partial charge on any atom is -0.495 e. The van der Waals surface area contributed by atoms with Crippen LogP contribution >= 0.6 is 11.6 Å². The summed E-state index contributed by atoms with van der Waals surface area (Å²) in [4.78, 5) is 0. The molecule has 1 atom stereocenters. The summed E-state index contributed by atoms with van der Waals surface area (Å²) in [6, 6.07) is 7.88. The summed E-state index contributed by atoms with van der Waals surface area (Å²) < 4.78 is 10.7. The van der Waals surface area contributed by atoms with Gasteiger partial charge >= 0.3 is 0 Å². The summed E-state index contributed by atoms with van der Waals surface area (Å²) in [6.45, 7) is 2.08. The first-order valence-electron chi connectivity index (χ1n) is 6.28. The molecule has 0 aliphatic carbocycles. The van der Waals surface area contributed by atoms with Crippen molar-refractivity contribution in [1.29, 1.82) is 0 Å². The lowest BCUT2D eigenvalue weighted by Crippen LogP contribution is -2.18. The van der Waals surface area contributed by atoms with Crippen LogP contribution in [0.3, 0.4) is 0 Å². The number of nitrogens with one attached hydrogen (secondary N) is 1. The van der Waals surface area contributed by atoms with Gasteiger partial charge in [0, 0.05) is 12.0 Å². The SMILES string of the molecule is CCc1occc1C(NC)c1ccc(OC)c(Cl)c1. The summed E-state index contributed by atoms with van der Waals surface area (Å²) in [5.41, 5.74) is 2.23. The largest absolute Gasteiger partial charge is 0.495 e. The first kappa shape index (κ1) is 14.0. The van der Waals surface area contributed by atoms with Crippen molar-refractivity contribution in [3.05, 3.63) is 52.4 Å². The van der Waals surface area contributed by atoms with E-state index in [4.69, 9.17) is 20.8 Å². The van der Waals surface area contributed by atoms with E-state index in [2.05, 4.69) is 12.2 Å². The van der Waals surface area contributed by atoms with Gasteiger partial charge in [0.25, 0.3) is 0 Å². The quantitative estimate of drug-likeness (QED) is 0.904. The standard InChI is InChI=1S/C15H18ClNO2/c1-4-13-11(7-8-19-13)15(17-2)10-5-6-14(18-3)12(16)9-10/h5-9,15,17H,4H2,1-3H3. The van der Waals surface area contributed by atoms with Gasteiger partial charge in [0.2, 0.25) is 0 Å². The van der Waals surface area contributed by atoms with Crippen molar-refractivity contribution < 1.29 is 9.15 Å². The maximum atomic E-state index is 6.19. The third-order valence-electron chi connectivity index (χ3n) is 3.21. The Kier molecular flexibility index (Phi) is 4.51. The van der Waals surface area contributed by atoms with Crippen molar-refractivity contribution in [2.75, 3.05) is 14.2 Å². The van der Waals surface area contributed by atoms with Gasteiger partial charge in [0.15, 0.2) is 0 Å². The highest BCUT2D eigenvalue weighted by Gasteiger charge is 2.18. The zero-order valence-electron chi connectivity index (χ0n) is 11.4. The van der Waals surface area contributed by atoms with Crippen molar-refractivity contribution in [2.45, 2.75) is 19.4 Å². The molecule has 2 aromatic rings. The number of halogens is 1. The predicted molar refractivity (Wildman–Crippen MR) is 77.0 cm³/mol. The van der Waals surface area contributed by atoms with Crippen molar-refractivity contribution >= 4 is 11.6 Å². The summed E-state index contributed by atoms with van der Waals surface area (Å²) in [6.07, 6.45) is 2.59. The minimum atomic E-state index is 0.0668. The highest BCUT2D eigenvalue weighted by atomic mass is 35.5. The van der Waals surface area contributed by atoms with Crippen molar-refractivity contribution in [3.8, 4) is 5.75 Å². The van der Waals surface area contributed by atoms with Gasteiger partial charge in [-0.1, -0.05) is 24.6 Å². The molecule has 1 N–H and O–H groups in total. The topological polar surface area (TPSA) is 34.4 Å². The molecule has 1 heterocycles. The number of benzene rings is 1. The lowest BCUT2D eigenvalue weighted by atomic mass is 9.98. The molecule has 0 bridgehead atoms. The molecular formula is C15H18ClNO2. The van der Waals surface area contributed by atoms with E-state index in [1.807, 2.05) is 31.3 Å². The molecule has 1 aromatic carbocycles. The molecule has 0 saturated carbocycles. The van der Waals surface area contributed by atoms with Gasteiger partial charge in [-0.25, -0.2) is 0 Å². The Morgan fingerprint density at radius 2 is 2.16 bits per heavy atom. The van der Waals surface area contributed by atoms with Crippen LogP contribution in [-0.4, -0.2) is 14.2 Å². The van der Waals surface area contributed by atoms with Crippen LogP contribution in [0.4, 0.5) is 0 Å². The number of hydrogen-bond donors (Lipinski definition) is 1. The Bertz CT molecular complexity index is 551. The van der Waals surface area contributed by atoms with Crippen molar-refractivity contribution in [2.24, 2.45) is 0 Å². The smallest absolute Gasteiger partial charge is 0.137 e. The number of rotatable bonds is 5. The lowest BCUT2D eigenvalue weighted by Gasteiger charge is -2.17. The maximum Gasteiger partial charge on any atom is 0.137 e. The molecule has 4 heteroatoms. The number of ether oxygens (including phenoxy) is 1. The van der Waals surface area contributed by atoms with E-state index < -0.39 is 0 Å². The summed E-state index contributed by atoms with van der Waals surface area (Å²) in [5.74, 6) is 1.68. The molecule has 1 aromatic heterocycles. The van der Waals surface area contributed by atoms with Gasteiger partial charge in [-0.2, -0.15) is 0 Å². The number of aryl methyl sites for hydroxylation is 1. The number of methoxy groups -OCH3 is 1. The molecule has 2 rings (SSSR count). The molecule has 102 valence electrons. The van der Waals surface area contributed by atoms with E-state index >= 15 is 0 Å². The van der Waals surface area contributed by atoms with E-state index in [0.29, 0.717) is 10.8 Å². The second-order valence-electron chi connectivity index (χ2n) is 4.27. The fourth-order valence-electron chi connectivity index (χ4n) is 2.26. The lowest BCUT2D eigenvalue weighted by molar-refractivity contribution is 0.414. The minimum absolute atomic E-state index is 0.0668. The first-order valence-corrected chi connectivity index (χ1v) is 6.66. The molecule has 3 nitrogen and oxygen atoms in total. The molecule has 0 saturated heterocycles. The van der Waals surface area contributed by atoms with Crippen LogP contribution in [0.2, 0.25) is 5.02 Å². The number of furan rings is 1. The van der Waals surface area contributed by atoms with Gasteiger partial charge in [-0.3, -0.25) is 0 Å². The van der Waals surface area contributed by atoms with Crippen LogP contribution in [0.5, 0.6) is 5.75 Å². The predicted octanol–water partition coefficient (Wildman–Crippen LogP) is 3.81. The zero-order valence-corrected chi connectivity index (χ0v) is 12.1. The summed E-state index contributed by atoms with van der Waals surface area (Å²) >= 11 is 6.19. The summed E-state index contributed by atoms with van der Waals surface area (Å²) in [5, 5.41) is 3.91. The van der Waals surface area contributed by atoms with E-state index in [9.17, 15) is 0 Å².